The fraction of sp³-hybridized carbons (Fsp3) is 0.136. The molecule has 0 atom stereocenters. The summed E-state index contributed by atoms with van der Waals surface area (Å²) in [7, 11) is -3.12. The first kappa shape index (κ1) is 18.3. The van der Waals surface area contributed by atoms with Crippen LogP contribution in [0.3, 0.4) is 0 Å². The highest BCUT2D eigenvalue weighted by Gasteiger charge is 2.21. The Balaban J connectivity index is 1.75. The molecule has 0 bridgehead atoms. The number of anilines is 1. The highest BCUT2D eigenvalue weighted by molar-refractivity contribution is 7.89. The van der Waals surface area contributed by atoms with Gasteiger partial charge in [-0.1, -0.05) is 36.4 Å². The van der Waals surface area contributed by atoms with Crippen molar-refractivity contribution in [3.63, 3.8) is 0 Å². The first-order valence-corrected chi connectivity index (χ1v) is 10.9. The van der Waals surface area contributed by atoms with Crippen molar-refractivity contribution in [1.29, 1.82) is 0 Å². The van der Waals surface area contributed by atoms with E-state index in [0.29, 0.717) is 22.7 Å². The van der Waals surface area contributed by atoms with Gasteiger partial charge in [-0.25, -0.2) is 8.42 Å². The van der Waals surface area contributed by atoms with Crippen LogP contribution in [0.5, 0.6) is 11.5 Å². The molecule has 1 aliphatic heterocycles. The number of carbonyl (C=O) groups is 1. The predicted octanol–water partition coefficient (Wildman–Crippen LogP) is 4.56. The van der Waals surface area contributed by atoms with Gasteiger partial charge in [0, 0.05) is 6.26 Å². The molecule has 0 aliphatic carbocycles. The number of amides is 1. The Kier molecular flexibility index (Phi) is 4.43. The molecule has 1 aliphatic rings. The molecule has 0 saturated heterocycles. The fourth-order valence-corrected chi connectivity index (χ4v) is 4.04. The molecule has 0 spiro atoms. The second kappa shape index (κ2) is 6.80. The standard InChI is InChI=1S/C22H19NO4S/c1-14-6-9-20-19(10-14)23-22(24)18-8-7-17(12-21(18)27-20)16-5-3-4-15(11-16)13-28(2,25)26/h3-12H,13H2,1-2H3,(H,23,24). The Hall–Kier alpha value is -3.12. The van der Waals surface area contributed by atoms with Crippen molar-refractivity contribution in [1.82, 2.24) is 0 Å². The SMILES string of the molecule is Cc1ccc2c(c1)NC(=O)c1ccc(-c3cccc(CS(C)(=O)=O)c3)cc1O2. The van der Waals surface area contributed by atoms with Crippen LogP contribution in [0.1, 0.15) is 21.5 Å². The normalized spacial score (nSPS) is 13.0. The maximum atomic E-state index is 12.6. The first-order chi connectivity index (χ1) is 13.3. The van der Waals surface area contributed by atoms with E-state index >= 15 is 0 Å². The molecule has 1 amide bonds. The molecular formula is C22H19NO4S. The molecule has 4 rings (SSSR count). The van der Waals surface area contributed by atoms with Crippen LogP contribution >= 0.6 is 0 Å². The Morgan fingerprint density at radius 3 is 2.50 bits per heavy atom. The van der Waals surface area contributed by atoms with Crippen molar-refractivity contribution in [3.05, 3.63) is 77.4 Å². The quantitative estimate of drug-likeness (QED) is 0.708. The summed E-state index contributed by atoms with van der Waals surface area (Å²) in [6, 6.07) is 18.4. The van der Waals surface area contributed by atoms with Crippen LogP contribution in [-0.2, 0) is 15.6 Å². The van der Waals surface area contributed by atoms with Gasteiger partial charge in [-0.15, -0.1) is 0 Å². The van der Waals surface area contributed by atoms with Gasteiger partial charge in [0.2, 0.25) is 0 Å². The van der Waals surface area contributed by atoms with E-state index in [1.807, 2.05) is 55.5 Å². The van der Waals surface area contributed by atoms with Crippen LogP contribution < -0.4 is 10.1 Å². The highest BCUT2D eigenvalue weighted by Crippen LogP contribution is 2.38. The lowest BCUT2D eigenvalue weighted by atomic mass is 10.0. The monoisotopic (exact) mass is 393 g/mol. The van der Waals surface area contributed by atoms with Gasteiger partial charge in [-0.2, -0.15) is 0 Å². The van der Waals surface area contributed by atoms with Crippen LogP contribution in [0.25, 0.3) is 11.1 Å². The smallest absolute Gasteiger partial charge is 0.259 e. The zero-order valence-corrected chi connectivity index (χ0v) is 16.3. The Bertz CT molecular complexity index is 1200. The van der Waals surface area contributed by atoms with E-state index in [4.69, 9.17) is 4.74 Å². The molecule has 0 fully saturated rings. The van der Waals surface area contributed by atoms with Gasteiger partial charge in [-0.05, 0) is 53.4 Å². The molecule has 0 radical (unpaired) electrons. The van der Waals surface area contributed by atoms with E-state index in [-0.39, 0.29) is 11.7 Å². The number of carbonyl (C=O) groups excluding carboxylic acids is 1. The third kappa shape index (κ3) is 3.77. The second-order valence-corrected chi connectivity index (χ2v) is 9.18. The number of fused-ring (bicyclic) bond motifs is 2. The predicted molar refractivity (Wildman–Crippen MR) is 110 cm³/mol. The highest BCUT2D eigenvalue weighted by atomic mass is 32.2. The number of sulfone groups is 1. The Morgan fingerprint density at radius 2 is 1.71 bits per heavy atom. The lowest BCUT2D eigenvalue weighted by Gasteiger charge is -2.10. The molecule has 5 nitrogen and oxygen atoms in total. The van der Waals surface area contributed by atoms with Crippen molar-refractivity contribution >= 4 is 21.4 Å². The van der Waals surface area contributed by atoms with E-state index < -0.39 is 9.84 Å². The van der Waals surface area contributed by atoms with Gasteiger partial charge in [0.25, 0.3) is 5.91 Å². The van der Waals surface area contributed by atoms with E-state index in [1.165, 1.54) is 6.26 Å². The molecule has 3 aromatic rings. The average Bonchev–Trinajstić information content (AvgIpc) is 2.75. The van der Waals surface area contributed by atoms with Crippen LogP contribution in [-0.4, -0.2) is 20.6 Å². The van der Waals surface area contributed by atoms with Crippen LogP contribution in [0, 0.1) is 6.92 Å². The fourth-order valence-electron chi connectivity index (χ4n) is 3.26. The minimum absolute atomic E-state index is 0.0165. The van der Waals surface area contributed by atoms with Crippen molar-refractivity contribution in [3.8, 4) is 22.6 Å². The number of benzene rings is 3. The Morgan fingerprint density at radius 1 is 0.929 bits per heavy atom. The summed E-state index contributed by atoms with van der Waals surface area (Å²) in [6.45, 7) is 1.95. The summed E-state index contributed by atoms with van der Waals surface area (Å²) in [5.74, 6) is 0.806. The van der Waals surface area contributed by atoms with E-state index in [9.17, 15) is 13.2 Å². The van der Waals surface area contributed by atoms with Crippen molar-refractivity contribution in [2.24, 2.45) is 0 Å². The third-order valence-electron chi connectivity index (χ3n) is 4.52. The maximum Gasteiger partial charge on any atom is 0.259 e. The number of ether oxygens (including phenoxy) is 1. The lowest BCUT2D eigenvalue weighted by Crippen LogP contribution is -2.10. The molecule has 1 heterocycles. The van der Waals surface area contributed by atoms with Gasteiger partial charge < -0.3 is 10.1 Å². The summed E-state index contributed by atoms with van der Waals surface area (Å²) >= 11 is 0. The Labute approximate surface area is 163 Å². The number of aryl methyl sites for hydroxylation is 1. The average molecular weight is 393 g/mol. The minimum Gasteiger partial charge on any atom is -0.454 e. The summed E-state index contributed by atoms with van der Waals surface area (Å²) < 4.78 is 29.2. The van der Waals surface area contributed by atoms with E-state index in [0.717, 1.165) is 22.3 Å². The van der Waals surface area contributed by atoms with Gasteiger partial charge in [0.15, 0.2) is 15.6 Å². The van der Waals surface area contributed by atoms with Gasteiger partial charge in [0.05, 0.1) is 17.0 Å². The molecule has 28 heavy (non-hydrogen) atoms. The zero-order chi connectivity index (χ0) is 19.9. The van der Waals surface area contributed by atoms with Crippen LogP contribution in [0.2, 0.25) is 0 Å². The van der Waals surface area contributed by atoms with Crippen LogP contribution in [0.15, 0.2) is 60.7 Å². The third-order valence-corrected chi connectivity index (χ3v) is 5.38. The van der Waals surface area contributed by atoms with Gasteiger partial charge in [-0.3, -0.25) is 4.79 Å². The zero-order valence-electron chi connectivity index (χ0n) is 15.5. The minimum atomic E-state index is -3.12. The molecule has 142 valence electrons. The largest absolute Gasteiger partial charge is 0.454 e. The topological polar surface area (TPSA) is 72.5 Å². The molecule has 0 saturated carbocycles. The lowest BCUT2D eigenvalue weighted by molar-refractivity contribution is 0.102. The van der Waals surface area contributed by atoms with Crippen LogP contribution in [0.4, 0.5) is 5.69 Å². The summed E-state index contributed by atoms with van der Waals surface area (Å²) in [5, 5.41) is 2.88. The number of rotatable bonds is 3. The van der Waals surface area contributed by atoms with Crippen molar-refractivity contribution in [2.45, 2.75) is 12.7 Å². The summed E-state index contributed by atoms with van der Waals surface area (Å²) in [5.41, 5.74) is 4.54. The summed E-state index contributed by atoms with van der Waals surface area (Å²) in [6.07, 6.45) is 1.22. The molecule has 3 aromatic carbocycles. The number of hydrogen-bond donors (Lipinski definition) is 1. The second-order valence-electron chi connectivity index (χ2n) is 7.04. The van der Waals surface area contributed by atoms with Crippen molar-refractivity contribution < 1.29 is 17.9 Å². The molecule has 0 unspecified atom stereocenters. The van der Waals surface area contributed by atoms with Crippen molar-refractivity contribution in [2.75, 3.05) is 11.6 Å². The number of hydrogen-bond acceptors (Lipinski definition) is 4. The summed E-state index contributed by atoms with van der Waals surface area (Å²) in [4.78, 5) is 12.6. The van der Waals surface area contributed by atoms with Gasteiger partial charge in [0.1, 0.15) is 5.75 Å². The molecule has 1 N–H and O–H groups in total. The van der Waals surface area contributed by atoms with E-state index in [1.54, 1.807) is 12.1 Å². The molecule has 6 heteroatoms. The molecule has 0 aromatic heterocycles. The molecular weight excluding hydrogens is 374 g/mol. The number of nitrogens with one attached hydrogen (secondary N) is 1. The van der Waals surface area contributed by atoms with Gasteiger partial charge >= 0.3 is 0 Å². The van der Waals surface area contributed by atoms with E-state index in [2.05, 4.69) is 5.32 Å². The first-order valence-electron chi connectivity index (χ1n) is 8.79. The maximum absolute atomic E-state index is 12.6.